The molecule has 9 heteroatoms. The quantitative estimate of drug-likeness (QED) is 0.625. The van der Waals surface area contributed by atoms with E-state index in [1.165, 1.54) is 12.1 Å². The lowest BCUT2D eigenvalue weighted by Crippen LogP contribution is -2.54. The zero-order chi connectivity index (χ0) is 21.8. The molecule has 0 fully saturated rings. The Hall–Kier alpha value is -3.62. The maximum atomic E-state index is 12.4. The van der Waals surface area contributed by atoms with Gasteiger partial charge >= 0.3 is 24.0 Å². The summed E-state index contributed by atoms with van der Waals surface area (Å²) in [7, 11) is 0. The summed E-state index contributed by atoms with van der Waals surface area (Å²) in [5.74, 6) is -4.47. The SMILES string of the molecule is CC(C)(C)OC(=O)NC(C(=O)O)C(OC(=O)c1ccc2ccccc2c1)C(=O)O. The molecule has 3 N–H and O–H groups in total. The Morgan fingerprint density at radius 1 is 0.931 bits per heavy atom. The van der Waals surface area contributed by atoms with Crippen LogP contribution in [0.5, 0.6) is 0 Å². The van der Waals surface area contributed by atoms with Crippen LogP contribution in [0.25, 0.3) is 10.8 Å². The van der Waals surface area contributed by atoms with Gasteiger partial charge in [0.2, 0.25) is 6.10 Å². The molecule has 2 aromatic rings. The van der Waals surface area contributed by atoms with Gasteiger partial charge < -0.3 is 25.0 Å². The molecule has 0 bridgehead atoms. The molecule has 0 heterocycles. The Bertz CT molecular complexity index is 947. The van der Waals surface area contributed by atoms with Crippen molar-refractivity contribution in [3.63, 3.8) is 0 Å². The normalized spacial score (nSPS) is 13.2. The molecule has 0 aliphatic carbocycles. The number of fused-ring (bicyclic) bond motifs is 1. The monoisotopic (exact) mass is 403 g/mol. The van der Waals surface area contributed by atoms with Crippen LogP contribution in [0.2, 0.25) is 0 Å². The maximum absolute atomic E-state index is 12.4. The van der Waals surface area contributed by atoms with Crippen molar-refractivity contribution < 1.29 is 38.9 Å². The van der Waals surface area contributed by atoms with Gasteiger partial charge in [0.05, 0.1) is 5.56 Å². The fourth-order valence-electron chi connectivity index (χ4n) is 2.46. The molecule has 0 spiro atoms. The number of ether oxygens (including phenoxy) is 2. The third kappa shape index (κ3) is 5.93. The molecule has 0 saturated carbocycles. The highest BCUT2D eigenvalue weighted by atomic mass is 16.6. The van der Waals surface area contributed by atoms with Crippen LogP contribution < -0.4 is 5.32 Å². The minimum absolute atomic E-state index is 0.0383. The number of carbonyl (C=O) groups is 4. The number of carbonyl (C=O) groups excluding carboxylic acids is 2. The summed E-state index contributed by atoms with van der Waals surface area (Å²) in [4.78, 5) is 47.4. The highest BCUT2D eigenvalue weighted by Gasteiger charge is 2.39. The number of aliphatic carboxylic acids is 2. The van der Waals surface area contributed by atoms with E-state index in [1.54, 1.807) is 39.0 Å². The summed E-state index contributed by atoms with van der Waals surface area (Å²) in [6.45, 7) is 4.66. The molecule has 0 radical (unpaired) electrons. The smallest absolute Gasteiger partial charge is 0.408 e. The lowest BCUT2D eigenvalue weighted by Gasteiger charge is -2.24. The van der Waals surface area contributed by atoms with E-state index in [0.717, 1.165) is 10.8 Å². The number of carboxylic acids is 2. The first-order valence-electron chi connectivity index (χ1n) is 8.63. The molecule has 2 atom stereocenters. The summed E-state index contributed by atoms with van der Waals surface area (Å²) < 4.78 is 9.85. The van der Waals surface area contributed by atoms with Gasteiger partial charge in [-0.15, -0.1) is 0 Å². The van der Waals surface area contributed by atoms with Gasteiger partial charge in [0.15, 0.2) is 6.04 Å². The fraction of sp³-hybridized carbons (Fsp3) is 0.300. The van der Waals surface area contributed by atoms with Crippen molar-refractivity contribution in [3.8, 4) is 0 Å². The molecule has 0 saturated heterocycles. The van der Waals surface area contributed by atoms with E-state index in [4.69, 9.17) is 9.47 Å². The number of alkyl carbamates (subject to hydrolysis) is 1. The largest absolute Gasteiger partial charge is 0.480 e. The average Bonchev–Trinajstić information content (AvgIpc) is 2.62. The molecule has 29 heavy (non-hydrogen) atoms. The van der Waals surface area contributed by atoms with E-state index in [0.29, 0.717) is 0 Å². The zero-order valence-corrected chi connectivity index (χ0v) is 16.0. The van der Waals surface area contributed by atoms with Gasteiger partial charge in [-0.3, -0.25) is 0 Å². The Balaban J connectivity index is 2.23. The standard InChI is InChI=1S/C20H21NO8/c1-20(2,3)29-19(27)21-14(16(22)23)15(17(24)25)28-18(26)13-9-8-11-6-4-5-7-12(11)10-13/h4-10,14-15H,1-3H3,(H,21,27)(H,22,23)(H,24,25). The summed E-state index contributed by atoms with van der Waals surface area (Å²) in [6, 6.07) is 9.69. The summed E-state index contributed by atoms with van der Waals surface area (Å²) in [6.07, 6.45) is -3.32. The first kappa shape index (κ1) is 21.7. The highest BCUT2D eigenvalue weighted by molar-refractivity contribution is 5.97. The van der Waals surface area contributed by atoms with Crippen LogP contribution in [0.3, 0.4) is 0 Å². The molecule has 0 aliphatic rings. The van der Waals surface area contributed by atoms with E-state index in [-0.39, 0.29) is 5.56 Å². The molecule has 2 aromatic carbocycles. The molecule has 0 aromatic heterocycles. The number of nitrogens with one attached hydrogen (secondary N) is 1. The highest BCUT2D eigenvalue weighted by Crippen LogP contribution is 2.17. The second kappa shape index (κ2) is 8.59. The predicted octanol–water partition coefficient (Wildman–Crippen LogP) is 2.43. The zero-order valence-electron chi connectivity index (χ0n) is 16.0. The fourth-order valence-corrected chi connectivity index (χ4v) is 2.46. The number of hydrogen-bond acceptors (Lipinski definition) is 6. The first-order chi connectivity index (χ1) is 13.5. The average molecular weight is 403 g/mol. The molecule has 0 aliphatic heterocycles. The third-order valence-corrected chi connectivity index (χ3v) is 3.70. The number of benzene rings is 2. The van der Waals surface area contributed by atoms with E-state index < -0.39 is 41.7 Å². The molecule has 2 rings (SSSR count). The van der Waals surface area contributed by atoms with Crippen molar-refractivity contribution in [2.24, 2.45) is 0 Å². The second-order valence-corrected chi connectivity index (χ2v) is 7.19. The molecular weight excluding hydrogens is 382 g/mol. The van der Waals surface area contributed by atoms with Gasteiger partial charge in [0.25, 0.3) is 0 Å². The first-order valence-corrected chi connectivity index (χ1v) is 8.63. The molecule has 9 nitrogen and oxygen atoms in total. The van der Waals surface area contributed by atoms with Gasteiger partial charge in [-0.2, -0.15) is 0 Å². The lowest BCUT2D eigenvalue weighted by molar-refractivity contribution is -0.156. The number of esters is 1. The van der Waals surface area contributed by atoms with Crippen LogP contribution in [-0.4, -0.2) is 52.0 Å². The molecule has 2 unspecified atom stereocenters. The van der Waals surface area contributed by atoms with Gasteiger partial charge in [0, 0.05) is 0 Å². The summed E-state index contributed by atoms with van der Waals surface area (Å²) in [5, 5.41) is 22.2. The van der Waals surface area contributed by atoms with Crippen LogP contribution >= 0.6 is 0 Å². The Labute approximate surface area is 166 Å². The number of rotatable bonds is 6. The van der Waals surface area contributed by atoms with Crippen molar-refractivity contribution in [2.45, 2.75) is 38.5 Å². The van der Waals surface area contributed by atoms with Gasteiger partial charge in [-0.1, -0.05) is 30.3 Å². The minimum Gasteiger partial charge on any atom is -0.480 e. The Kier molecular flexibility index (Phi) is 6.42. The van der Waals surface area contributed by atoms with Crippen LogP contribution in [0, 0.1) is 0 Å². The van der Waals surface area contributed by atoms with Crippen LogP contribution in [0.15, 0.2) is 42.5 Å². The van der Waals surface area contributed by atoms with Crippen molar-refractivity contribution in [2.75, 3.05) is 0 Å². The van der Waals surface area contributed by atoms with Crippen molar-refractivity contribution in [3.05, 3.63) is 48.0 Å². The third-order valence-electron chi connectivity index (χ3n) is 3.70. The number of carboxylic acid groups (broad SMARTS) is 2. The topological polar surface area (TPSA) is 139 Å². The van der Waals surface area contributed by atoms with E-state index in [9.17, 15) is 29.4 Å². The van der Waals surface area contributed by atoms with Crippen molar-refractivity contribution in [1.29, 1.82) is 0 Å². The second-order valence-electron chi connectivity index (χ2n) is 7.19. The van der Waals surface area contributed by atoms with Gasteiger partial charge in [0.1, 0.15) is 5.60 Å². The molecule has 1 amide bonds. The Morgan fingerprint density at radius 2 is 1.55 bits per heavy atom. The van der Waals surface area contributed by atoms with Crippen LogP contribution in [-0.2, 0) is 19.1 Å². The number of amides is 1. The summed E-state index contributed by atoms with van der Waals surface area (Å²) in [5.41, 5.74) is -0.899. The van der Waals surface area contributed by atoms with Gasteiger partial charge in [-0.05, 0) is 43.7 Å². The van der Waals surface area contributed by atoms with Crippen LogP contribution in [0.1, 0.15) is 31.1 Å². The van der Waals surface area contributed by atoms with E-state index in [1.807, 2.05) is 17.4 Å². The van der Waals surface area contributed by atoms with E-state index in [2.05, 4.69) is 0 Å². The van der Waals surface area contributed by atoms with Crippen LogP contribution in [0.4, 0.5) is 4.79 Å². The molecule has 154 valence electrons. The summed E-state index contributed by atoms with van der Waals surface area (Å²) >= 11 is 0. The molecular formula is C20H21NO8. The predicted molar refractivity (Wildman–Crippen MR) is 102 cm³/mol. The van der Waals surface area contributed by atoms with Crippen molar-refractivity contribution in [1.82, 2.24) is 5.32 Å². The lowest BCUT2D eigenvalue weighted by atomic mass is 10.1. The minimum atomic E-state index is -2.17. The van der Waals surface area contributed by atoms with Crippen molar-refractivity contribution >= 4 is 34.8 Å². The van der Waals surface area contributed by atoms with Gasteiger partial charge in [-0.25, -0.2) is 19.2 Å². The maximum Gasteiger partial charge on any atom is 0.408 e. The van der Waals surface area contributed by atoms with E-state index >= 15 is 0 Å². The number of hydrogen-bond donors (Lipinski definition) is 3. The Morgan fingerprint density at radius 3 is 2.10 bits per heavy atom.